The largest absolute Gasteiger partial charge is 0.381 e. The number of benzene rings is 1. The van der Waals surface area contributed by atoms with Crippen LogP contribution in [0.3, 0.4) is 0 Å². The Morgan fingerprint density at radius 2 is 2.08 bits per heavy atom. The number of amides is 1. The van der Waals surface area contributed by atoms with Crippen molar-refractivity contribution in [3.63, 3.8) is 0 Å². The van der Waals surface area contributed by atoms with Crippen molar-refractivity contribution in [2.24, 2.45) is 11.1 Å². The number of likely N-dealkylation sites (tertiary alicyclic amines) is 1. The van der Waals surface area contributed by atoms with E-state index in [0.717, 1.165) is 62.0 Å². The Kier molecular flexibility index (Phi) is 4.06. The normalized spacial score (nSPS) is 21.5. The number of para-hydroxylation sites is 1. The molecule has 1 spiro atoms. The molecule has 2 saturated heterocycles. The molecule has 1 aromatic heterocycles. The van der Waals surface area contributed by atoms with Crippen LogP contribution in [0, 0.1) is 5.41 Å². The molecule has 5 nitrogen and oxygen atoms in total. The molecule has 0 aliphatic carbocycles. The molecule has 0 unspecified atom stereocenters. The number of nitrogens with two attached hydrogens (primary N) is 1. The lowest BCUT2D eigenvalue weighted by atomic mass is 9.80. The summed E-state index contributed by atoms with van der Waals surface area (Å²) in [5.74, 6) is 0.0867. The highest BCUT2D eigenvalue weighted by molar-refractivity contribution is 5.86. The van der Waals surface area contributed by atoms with E-state index in [0.29, 0.717) is 6.42 Å². The Hall–Kier alpha value is -1.85. The summed E-state index contributed by atoms with van der Waals surface area (Å²) < 4.78 is 5.48. The predicted molar refractivity (Wildman–Crippen MR) is 93.7 cm³/mol. The van der Waals surface area contributed by atoms with Crippen molar-refractivity contribution in [2.45, 2.75) is 31.7 Å². The number of ether oxygens (including phenoxy) is 1. The first-order chi connectivity index (χ1) is 11.7. The number of aromatic amines is 1. The second-order valence-electron chi connectivity index (χ2n) is 7.29. The van der Waals surface area contributed by atoms with Crippen LogP contribution in [-0.4, -0.2) is 48.1 Å². The van der Waals surface area contributed by atoms with Crippen molar-refractivity contribution >= 4 is 16.8 Å². The van der Waals surface area contributed by atoms with Crippen molar-refractivity contribution in [1.82, 2.24) is 9.88 Å². The van der Waals surface area contributed by atoms with Crippen molar-refractivity contribution in [1.29, 1.82) is 0 Å². The number of carbonyl (C=O) groups is 1. The number of hydrogen-bond donors (Lipinski definition) is 2. The van der Waals surface area contributed by atoms with Gasteiger partial charge in [0.05, 0.1) is 6.04 Å². The van der Waals surface area contributed by atoms with Crippen LogP contribution in [0.25, 0.3) is 10.9 Å². The third kappa shape index (κ3) is 2.82. The molecular weight excluding hydrogens is 302 g/mol. The molecule has 2 aromatic rings. The zero-order chi connectivity index (χ0) is 16.6. The molecule has 128 valence electrons. The molecule has 3 N–H and O–H groups in total. The Morgan fingerprint density at radius 3 is 2.92 bits per heavy atom. The van der Waals surface area contributed by atoms with Gasteiger partial charge < -0.3 is 20.4 Å². The Balaban J connectivity index is 1.43. The highest BCUT2D eigenvalue weighted by Gasteiger charge is 2.41. The minimum Gasteiger partial charge on any atom is -0.381 e. The molecule has 0 bridgehead atoms. The SMILES string of the molecule is N[C@@H](Cc1c[nH]c2ccccc12)C(=O)N1CCC2(CCOCC2)C1. The minimum atomic E-state index is -0.473. The van der Waals surface area contributed by atoms with E-state index in [4.69, 9.17) is 10.5 Å². The summed E-state index contributed by atoms with van der Waals surface area (Å²) in [5, 5.41) is 1.16. The van der Waals surface area contributed by atoms with Crippen LogP contribution in [0.1, 0.15) is 24.8 Å². The maximum Gasteiger partial charge on any atom is 0.239 e. The lowest BCUT2D eigenvalue weighted by molar-refractivity contribution is -0.132. The number of aromatic nitrogens is 1. The standard InChI is InChI=1S/C19H25N3O2/c20-16(11-14-12-21-17-4-2-1-3-15(14)17)18(23)22-8-5-19(13-22)6-9-24-10-7-19/h1-4,12,16,21H,5-11,13,20H2/t16-/m0/s1. The summed E-state index contributed by atoms with van der Waals surface area (Å²) in [5.41, 5.74) is 8.75. The number of carbonyl (C=O) groups excluding carboxylic acids is 1. The summed E-state index contributed by atoms with van der Waals surface area (Å²) in [4.78, 5) is 18.0. The summed E-state index contributed by atoms with van der Waals surface area (Å²) in [6.45, 7) is 3.32. The molecule has 1 aromatic carbocycles. The van der Waals surface area contributed by atoms with Crippen LogP contribution in [0.2, 0.25) is 0 Å². The number of nitrogens with zero attached hydrogens (tertiary/aromatic N) is 1. The van der Waals surface area contributed by atoms with Gasteiger partial charge in [-0.05, 0) is 42.7 Å². The van der Waals surface area contributed by atoms with Crippen LogP contribution in [0.4, 0.5) is 0 Å². The third-order valence-corrected chi connectivity index (χ3v) is 5.74. The second kappa shape index (κ2) is 6.22. The topological polar surface area (TPSA) is 71.4 Å². The average Bonchev–Trinajstić information content (AvgIpc) is 3.20. The molecule has 0 radical (unpaired) electrons. The van der Waals surface area contributed by atoms with Crippen molar-refractivity contribution in [2.75, 3.05) is 26.3 Å². The second-order valence-corrected chi connectivity index (χ2v) is 7.29. The van der Waals surface area contributed by atoms with Crippen molar-refractivity contribution in [3.05, 3.63) is 36.0 Å². The number of rotatable bonds is 3. The van der Waals surface area contributed by atoms with E-state index in [1.165, 1.54) is 0 Å². The van der Waals surface area contributed by atoms with Gasteiger partial charge in [0.25, 0.3) is 0 Å². The molecule has 1 amide bonds. The maximum absolute atomic E-state index is 12.8. The zero-order valence-corrected chi connectivity index (χ0v) is 14.0. The molecule has 3 heterocycles. The van der Waals surface area contributed by atoms with E-state index < -0.39 is 6.04 Å². The fraction of sp³-hybridized carbons (Fsp3) is 0.526. The zero-order valence-electron chi connectivity index (χ0n) is 14.0. The molecule has 2 aliphatic heterocycles. The van der Waals surface area contributed by atoms with E-state index in [-0.39, 0.29) is 11.3 Å². The van der Waals surface area contributed by atoms with Gasteiger partial charge in [-0.15, -0.1) is 0 Å². The van der Waals surface area contributed by atoms with Gasteiger partial charge in [-0.25, -0.2) is 0 Å². The first-order valence-corrected chi connectivity index (χ1v) is 8.84. The first-order valence-electron chi connectivity index (χ1n) is 8.84. The minimum absolute atomic E-state index is 0.0867. The van der Waals surface area contributed by atoms with Crippen LogP contribution in [0.5, 0.6) is 0 Å². The fourth-order valence-corrected chi connectivity index (χ4v) is 4.19. The Labute approximate surface area is 142 Å². The van der Waals surface area contributed by atoms with Gasteiger partial charge >= 0.3 is 0 Å². The summed E-state index contributed by atoms with van der Waals surface area (Å²) in [7, 11) is 0. The highest BCUT2D eigenvalue weighted by atomic mass is 16.5. The van der Waals surface area contributed by atoms with Crippen LogP contribution in [-0.2, 0) is 16.0 Å². The number of nitrogens with one attached hydrogen (secondary N) is 1. The van der Waals surface area contributed by atoms with Crippen LogP contribution < -0.4 is 5.73 Å². The van der Waals surface area contributed by atoms with E-state index in [1.54, 1.807) is 0 Å². The maximum atomic E-state index is 12.8. The Morgan fingerprint density at radius 1 is 1.29 bits per heavy atom. The molecule has 4 rings (SSSR count). The van der Waals surface area contributed by atoms with E-state index in [1.807, 2.05) is 29.3 Å². The van der Waals surface area contributed by atoms with E-state index in [2.05, 4.69) is 11.1 Å². The van der Waals surface area contributed by atoms with Crippen LogP contribution in [0.15, 0.2) is 30.5 Å². The predicted octanol–water partition coefficient (Wildman–Crippen LogP) is 2.07. The third-order valence-electron chi connectivity index (χ3n) is 5.74. The van der Waals surface area contributed by atoms with Crippen molar-refractivity contribution < 1.29 is 9.53 Å². The summed E-state index contributed by atoms with van der Waals surface area (Å²) in [6.07, 6.45) is 5.77. The van der Waals surface area contributed by atoms with Gasteiger partial charge in [0.1, 0.15) is 0 Å². The average molecular weight is 327 g/mol. The monoisotopic (exact) mass is 327 g/mol. The van der Waals surface area contributed by atoms with Gasteiger partial charge in [-0.3, -0.25) is 4.79 Å². The molecular formula is C19H25N3O2. The highest BCUT2D eigenvalue weighted by Crippen LogP contribution is 2.39. The van der Waals surface area contributed by atoms with Gasteiger partial charge in [0.2, 0.25) is 5.91 Å². The molecule has 0 saturated carbocycles. The van der Waals surface area contributed by atoms with Gasteiger partial charge in [-0.2, -0.15) is 0 Å². The lowest BCUT2D eigenvalue weighted by Gasteiger charge is -2.33. The van der Waals surface area contributed by atoms with Gasteiger partial charge in [0, 0.05) is 43.4 Å². The molecule has 2 fully saturated rings. The van der Waals surface area contributed by atoms with E-state index in [9.17, 15) is 4.79 Å². The molecule has 1 atom stereocenters. The number of H-pyrrole nitrogens is 1. The van der Waals surface area contributed by atoms with Crippen LogP contribution >= 0.6 is 0 Å². The lowest BCUT2D eigenvalue weighted by Crippen LogP contribution is -2.45. The molecule has 2 aliphatic rings. The first kappa shape index (κ1) is 15.7. The Bertz CT molecular complexity index is 733. The number of fused-ring (bicyclic) bond motifs is 1. The summed E-state index contributed by atoms with van der Waals surface area (Å²) >= 11 is 0. The number of hydrogen-bond acceptors (Lipinski definition) is 3. The molecule has 5 heteroatoms. The van der Waals surface area contributed by atoms with Crippen molar-refractivity contribution in [3.8, 4) is 0 Å². The summed E-state index contributed by atoms with van der Waals surface area (Å²) in [6, 6.07) is 7.67. The van der Waals surface area contributed by atoms with Gasteiger partial charge in [-0.1, -0.05) is 18.2 Å². The van der Waals surface area contributed by atoms with Gasteiger partial charge in [0.15, 0.2) is 0 Å². The quantitative estimate of drug-likeness (QED) is 0.906. The molecule has 24 heavy (non-hydrogen) atoms. The fourth-order valence-electron chi connectivity index (χ4n) is 4.19. The smallest absolute Gasteiger partial charge is 0.239 e. The van der Waals surface area contributed by atoms with E-state index >= 15 is 0 Å².